The molecule has 1 atom stereocenters. The quantitative estimate of drug-likeness (QED) is 0.415. The van der Waals surface area contributed by atoms with E-state index in [0.29, 0.717) is 18.7 Å². The molecule has 8 nitrogen and oxygen atoms in total. The van der Waals surface area contributed by atoms with E-state index in [2.05, 4.69) is 20.5 Å². The van der Waals surface area contributed by atoms with Crippen molar-refractivity contribution >= 4 is 23.6 Å². The fraction of sp³-hybridized carbons (Fsp3) is 0.522. The fourth-order valence-corrected chi connectivity index (χ4v) is 4.28. The highest BCUT2D eigenvalue weighted by molar-refractivity contribution is 7.99. The molecule has 3 rings (SSSR count). The number of rotatable bonds is 12. The molecule has 0 aromatic carbocycles. The molecular weight excluding hydrogens is 428 g/mol. The van der Waals surface area contributed by atoms with Gasteiger partial charge in [-0.2, -0.15) is 11.8 Å². The van der Waals surface area contributed by atoms with Crippen LogP contribution in [0.2, 0.25) is 0 Å². The Morgan fingerprint density at radius 3 is 2.84 bits per heavy atom. The van der Waals surface area contributed by atoms with E-state index in [9.17, 15) is 14.7 Å². The second-order valence-corrected chi connectivity index (χ2v) is 9.05. The van der Waals surface area contributed by atoms with Crippen molar-refractivity contribution in [3.63, 3.8) is 0 Å². The summed E-state index contributed by atoms with van der Waals surface area (Å²) in [5, 5.41) is 15.8. The van der Waals surface area contributed by atoms with Crippen LogP contribution in [0.5, 0.6) is 0 Å². The Labute approximate surface area is 193 Å². The molecule has 0 bridgehead atoms. The van der Waals surface area contributed by atoms with E-state index < -0.39 is 6.10 Å². The lowest BCUT2D eigenvalue weighted by molar-refractivity contribution is -0.119. The Morgan fingerprint density at radius 2 is 2.06 bits per heavy atom. The Kier molecular flexibility index (Phi) is 10.1. The summed E-state index contributed by atoms with van der Waals surface area (Å²) in [5.74, 6) is 0.742. The zero-order chi connectivity index (χ0) is 22.6. The molecule has 1 saturated heterocycles. The molecule has 32 heavy (non-hydrogen) atoms. The first-order valence-corrected chi connectivity index (χ1v) is 12.3. The number of nitrogens with zero attached hydrogens (tertiary/aromatic N) is 2. The molecule has 1 aliphatic heterocycles. The first-order chi connectivity index (χ1) is 15.6. The average Bonchev–Trinajstić information content (AvgIpc) is 3.33. The number of aliphatic hydroxyl groups is 1. The van der Waals surface area contributed by atoms with Crippen LogP contribution in [0.15, 0.2) is 41.1 Å². The number of carbonyl (C=O) groups is 2. The van der Waals surface area contributed by atoms with Gasteiger partial charge < -0.3 is 20.2 Å². The van der Waals surface area contributed by atoms with Crippen LogP contribution in [0.4, 0.5) is 0 Å². The lowest BCUT2D eigenvalue weighted by Gasteiger charge is -2.26. The first-order valence-electron chi connectivity index (χ1n) is 11.1. The summed E-state index contributed by atoms with van der Waals surface area (Å²) in [5.41, 5.74) is 2.05. The molecule has 0 aliphatic carbocycles. The normalized spacial score (nSPS) is 15.3. The fourth-order valence-electron chi connectivity index (χ4n) is 3.61. The van der Waals surface area contributed by atoms with Gasteiger partial charge >= 0.3 is 0 Å². The predicted molar refractivity (Wildman–Crippen MR) is 124 cm³/mol. The molecule has 9 heteroatoms. The van der Waals surface area contributed by atoms with Crippen LogP contribution in [0, 0.1) is 0 Å². The SMILES string of the molecule is O=C(CSCCNC(=O)c1ccco1)NCC(O)Cc1cc(CN2CCCCC2)ccn1. The van der Waals surface area contributed by atoms with Gasteiger partial charge in [-0.15, -0.1) is 0 Å². The number of aromatic nitrogens is 1. The lowest BCUT2D eigenvalue weighted by Crippen LogP contribution is -2.34. The predicted octanol–water partition coefficient (Wildman–Crippen LogP) is 1.84. The number of carbonyl (C=O) groups excluding carboxylic acids is 2. The van der Waals surface area contributed by atoms with Crippen molar-refractivity contribution in [1.29, 1.82) is 0 Å². The van der Waals surface area contributed by atoms with E-state index in [0.717, 1.165) is 25.3 Å². The van der Waals surface area contributed by atoms with Crippen molar-refractivity contribution in [3.8, 4) is 0 Å². The highest BCUT2D eigenvalue weighted by atomic mass is 32.2. The third kappa shape index (κ3) is 8.64. The van der Waals surface area contributed by atoms with Crippen LogP contribution in [0.1, 0.15) is 41.1 Å². The molecule has 2 aromatic rings. The zero-order valence-electron chi connectivity index (χ0n) is 18.3. The van der Waals surface area contributed by atoms with Crippen molar-refractivity contribution in [1.82, 2.24) is 20.5 Å². The number of piperidine rings is 1. The molecule has 3 N–H and O–H groups in total. The summed E-state index contributed by atoms with van der Waals surface area (Å²) in [4.78, 5) is 30.5. The molecule has 1 aliphatic rings. The summed E-state index contributed by atoms with van der Waals surface area (Å²) < 4.78 is 5.01. The van der Waals surface area contributed by atoms with Crippen LogP contribution in [0.3, 0.4) is 0 Å². The minimum atomic E-state index is -0.686. The van der Waals surface area contributed by atoms with Crippen LogP contribution in [0.25, 0.3) is 0 Å². The zero-order valence-corrected chi connectivity index (χ0v) is 19.1. The molecule has 2 amide bonds. The second-order valence-electron chi connectivity index (χ2n) is 7.94. The molecule has 174 valence electrons. The maximum atomic E-state index is 12.0. The smallest absolute Gasteiger partial charge is 0.287 e. The summed E-state index contributed by atoms with van der Waals surface area (Å²) in [7, 11) is 0. The number of thioether (sulfide) groups is 1. The maximum Gasteiger partial charge on any atom is 0.287 e. The number of furan rings is 1. The maximum absolute atomic E-state index is 12.0. The molecule has 1 fully saturated rings. The van der Waals surface area contributed by atoms with E-state index in [1.54, 1.807) is 18.3 Å². The number of hydrogen-bond donors (Lipinski definition) is 3. The van der Waals surface area contributed by atoms with Gasteiger partial charge in [-0.25, -0.2) is 0 Å². The Morgan fingerprint density at radius 1 is 1.22 bits per heavy atom. The largest absolute Gasteiger partial charge is 0.459 e. The van der Waals surface area contributed by atoms with Gasteiger partial charge in [0.25, 0.3) is 5.91 Å². The van der Waals surface area contributed by atoms with Crippen molar-refractivity contribution < 1.29 is 19.1 Å². The molecular formula is C23H32N4O4S. The van der Waals surface area contributed by atoms with Crippen LogP contribution >= 0.6 is 11.8 Å². The Hall–Kier alpha value is -2.36. The van der Waals surface area contributed by atoms with E-state index in [-0.39, 0.29) is 29.9 Å². The number of likely N-dealkylation sites (tertiary alicyclic amines) is 1. The number of pyridine rings is 1. The lowest BCUT2D eigenvalue weighted by atomic mass is 10.1. The van der Waals surface area contributed by atoms with E-state index in [1.807, 2.05) is 12.1 Å². The Balaban J connectivity index is 1.28. The van der Waals surface area contributed by atoms with Crippen LogP contribution < -0.4 is 10.6 Å². The highest BCUT2D eigenvalue weighted by Crippen LogP contribution is 2.13. The van der Waals surface area contributed by atoms with E-state index in [4.69, 9.17) is 4.42 Å². The number of nitrogens with one attached hydrogen (secondary N) is 2. The molecule has 3 heterocycles. The van der Waals surface area contributed by atoms with Gasteiger partial charge in [-0.05, 0) is 55.8 Å². The molecule has 0 radical (unpaired) electrons. The van der Waals surface area contributed by atoms with E-state index in [1.165, 1.54) is 42.9 Å². The minimum Gasteiger partial charge on any atom is -0.459 e. The molecule has 0 spiro atoms. The van der Waals surface area contributed by atoms with Crippen molar-refractivity contribution in [3.05, 3.63) is 53.7 Å². The number of hydrogen-bond acceptors (Lipinski definition) is 7. The average molecular weight is 461 g/mol. The first kappa shape index (κ1) is 24.3. The third-order valence-electron chi connectivity index (χ3n) is 5.23. The topological polar surface area (TPSA) is 108 Å². The third-order valence-corrected chi connectivity index (χ3v) is 6.18. The van der Waals surface area contributed by atoms with Crippen LogP contribution in [-0.4, -0.2) is 70.6 Å². The Bertz CT molecular complexity index is 840. The van der Waals surface area contributed by atoms with Gasteiger partial charge in [0.2, 0.25) is 5.91 Å². The van der Waals surface area contributed by atoms with Gasteiger partial charge in [-0.3, -0.25) is 19.5 Å². The number of aliphatic hydroxyl groups excluding tert-OH is 1. The highest BCUT2D eigenvalue weighted by Gasteiger charge is 2.13. The van der Waals surface area contributed by atoms with Gasteiger partial charge in [0.15, 0.2) is 5.76 Å². The number of amides is 2. The van der Waals surface area contributed by atoms with Gasteiger partial charge in [0, 0.05) is 43.7 Å². The van der Waals surface area contributed by atoms with Gasteiger partial charge in [0.05, 0.1) is 18.1 Å². The van der Waals surface area contributed by atoms with Crippen molar-refractivity contribution in [2.75, 3.05) is 37.7 Å². The summed E-state index contributed by atoms with van der Waals surface area (Å²) in [6.45, 7) is 3.83. The van der Waals surface area contributed by atoms with Crippen molar-refractivity contribution in [2.45, 2.75) is 38.3 Å². The van der Waals surface area contributed by atoms with E-state index >= 15 is 0 Å². The van der Waals surface area contributed by atoms with Gasteiger partial charge in [-0.1, -0.05) is 6.42 Å². The van der Waals surface area contributed by atoms with Crippen molar-refractivity contribution in [2.24, 2.45) is 0 Å². The monoisotopic (exact) mass is 460 g/mol. The molecule has 2 aromatic heterocycles. The van der Waals surface area contributed by atoms with Gasteiger partial charge in [0.1, 0.15) is 0 Å². The second kappa shape index (κ2) is 13.2. The standard InChI is InChI=1S/C23H32N4O4S/c28-20(14-19-13-18(6-7-24-19)16-27-9-2-1-3-10-27)15-26-22(29)17-32-12-8-25-23(30)21-5-4-11-31-21/h4-7,11,13,20,28H,1-3,8-10,12,14-17H2,(H,25,30)(H,26,29). The molecule has 0 saturated carbocycles. The molecule has 1 unspecified atom stereocenters. The van der Waals surface area contributed by atoms with Crippen LogP contribution in [-0.2, 0) is 17.8 Å². The summed E-state index contributed by atoms with van der Waals surface area (Å²) in [6.07, 6.45) is 6.79. The summed E-state index contributed by atoms with van der Waals surface area (Å²) >= 11 is 1.42. The summed E-state index contributed by atoms with van der Waals surface area (Å²) in [6, 6.07) is 7.33. The minimum absolute atomic E-state index is 0.141.